The summed E-state index contributed by atoms with van der Waals surface area (Å²) in [4.78, 5) is 13.2. The van der Waals surface area contributed by atoms with Crippen molar-refractivity contribution >= 4 is 23.2 Å². The first-order valence-electron chi connectivity index (χ1n) is 5.15. The van der Waals surface area contributed by atoms with Gasteiger partial charge in [-0.05, 0) is 25.0 Å². The zero-order valence-electron chi connectivity index (χ0n) is 9.53. The molecule has 0 spiro atoms. The third kappa shape index (κ3) is 2.74. The fraction of sp³-hybridized carbons (Fsp3) is 0.417. The number of hydrogen-bond acceptors (Lipinski definition) is 2. The van der Waals surface area contributed by atoms with Crippen LogP contribution in [-0.4, -0.2) is 30.0 Å². The molecule has 1 amide bonds. The lowest BCUT2D eigenvalue weighted by molar-refractivity contribution is -0.116. The Hall–Kier alpha value is -1.06. The van der Waals surface area contributed by atoms with Crippen LogP contribution < -0.4 is 4.90 Å². The maximum absolute atomic E-state index is 11.7. The molecule has 0 unspecified atom stereocenters. The second kappa shape index (κ2) is 5.87. The Bertz CT molecular complexity index is 359. The molecule has 0 fully saturated rings. The zero-order valence-corrected chi connectivity index (χ0v) is 10.3. The molecule has 16 heavy (non-hydrogen) atoms. The number of halogens is 1. The molecule has 88 valence electrons. The highest BCUT2D eigenvalue weighted by Crippen LogP contribution is 2.24. The summed E-state index contributed by atoms with van der Waals surface area (Å²) in [5, 5.41) is 8.99. The van der Waals surface area contributed by atoms with Crippen molar-refractivity contribution in [3.8, 4) is 0 Å². The van der Waals surface area contributed by atoms with E-state index in [1.807, 2.05) is 32.0 Å². The number of benzene rings is 1. The predicted octanol–water partition coefficient (Wildman–Crippen LogP) is 1.87. The lowest BCUT2D eigenvalue weighted by Gasteiger charge is -2.24. The van der Waals surface area contributed by atoms with Crippen molar-refractivity contribution in [1.29, 1.82) is 0 Å². The molecule has 1 rings (SSSR count). The number of carbonyl (C=O) groups is 1. The van der Waals surface area contributed by atoms with Gasteiger partial charge in [0.1, 0.15) is 5.88 Å². The molecule has 0 saturated heterocycles. The van der Waals surface area contributed by atoms with Gasteiger partial charge < -0.3 is 10.0 Å². The average molecular weight is 242 g/mol. The number of hydrogen-bond donors (Lipinski definition) is 1. The van der Waals surface area contributed by atoms with E-state index < -0.39 is 0 Å². The highest BCUT2D eigenvalue weighted by Gasteiger charge is 2.17. The quantitative estimate of drug-likeness (QED) is 0.818. The summed E-state index contributed by atoms with van der Waals surface area (Å²) < 4.78 is 0. The van der Waals surface area contributed by atoms with Gasteiger partial charge in [0.05, 0.1) is 6.61 Å². The summed E-state index contributed by atoms with van der Waals surface area (Å²) in [6, 6.07) is 5.82. The molecular formula is C12H16ClNO2. The molecule has 0 heterocycles. The molecule has 1 aromatic rings. The first-order chi connectivity index (χ1) is 7.61. The van der Waals surface area contributed by atoms with Crippen LogP contribution in [0.25, 0.3) is 0 Å². The topological polar surface area (TPSA) is 40.5 Å². The van der Waals surface area contributed by atoms with Gasteiger partial charge in [-0.2, -0.15) is 0 Å². The van der Waals surface area contributed by atoms with Gasteiger partial charge in [0, 0.05) is 12.2 Å². The molecule has 0 bridgehead atoms. The summed E-state index contributed by atoms with van der Waals surface area (Å²) >= 11 is 5.56. The van der Waals surface area contributed by atoms with Gasteiger partial charge in [-0.1, -0.05) is 18.2 Å². The van der Waals surface area contributed by atoms with Gasteiger partial charge in [-0.3, -0.25) is 4.79 Å². The van der Waals surface area contributed by atoms with Crippen LogP contribution in [0, 0.1) is 13.8 Å². The van der Waals surface area contributed by atoms with Crippen molar-refractivity contribution in [2.24, 2.45) is 0 Å². The monoisotopic (exact) mass is 241 g/mol. The first kappa shape index (κ1) is 13.0. The average Bonchev–Trinajstić information content (AvgIpc) is 2.26. The Morgan fingerprint density at radius 1 is 1.38 bits per heavy atom. The van der Waals surface area contributed by atoms with E-state index in [1.54, 1.807) is 0 Å². The number of alkyl halides is 1. The molecule has 0 atom stereocenters. The summed E-state index contributed by atoms with van der Waals surface area (Å²) in [6.45, 7) is 4.08. The molecule has 0 radical (unpaired) electrons. The number of anilines is 1. The Balaban J connectivity index is 3.15. The number of rotatable bonds is 4. The molecule has 4 heteroatoms. The van der Waals surface area contributed by atoms with Crippen molar-refractivity contribution in [2.45, 2.75) is 13.8 Å². The van der Waals surface area contributed by atoms with Crippen LogP contribution in [-0.2, 0) is 4.79 Å². The number of aryl methyl sites for hydroxylation is 2. The van der Waals surface area contributed by atoms with E-state index >= 15 is 0 Å². The second-order valence-electron chi connectivity index (χ2n) is 3.64. The Labute approximate surface area is 101 Å². The van der Waals surface area contributed by atoms with Crippen LogP contribution in [0.1, 0.15) is 11.1 Å². The minimum absolute atomic E-state index is 0.0730. The van der Waals surface area contributed by atoms with E-state index in [2.05, 4.69) is 0 Å². The van der Waals surface area contributed by atoms with Crippen LogP contribution in [0.15, 0.2) is 18.2 Å². The maximum atomic E-state index is 11.7. The smallest absolute Gasteiger partial charge is 0.242 e. The number of carbonyl (C=O) groups excluding carboxylic acids is 1. The van der Waals surface area contributed by atoms with Crippen molar-refractivity contribution in [3.05, 3.63) is 29.3 Å². The lowest BCUT2D eigenvalue weighted by Crippen LogP contribution is -2.35. The van der Waals surface area contributed by atoms with Gasteiger partial charge in [-0.15, -0.1) is 11.6 Å². The van der Waals surface area contributed by atoms with Crippen molar-refractivity contribution in [2.75, 3.05) is 23.9 Å². The predicted molar refractivity (Wildman–Crippen MR) is 66.1 cm³/mol. The summed E-state index contributed by atoms with van der Waals surface area (Å²) in [7, 11) is 0. The third-order valence-corrected chi connectivity index (χ3v) is 2.68. The van der Waals surface area contributed by atoms with E-state index in [4.69, 9.17) is 16.7 Å². The van der Waals surface area contributed by atoms with E-state index in [-0.39, 0.29) is 24.9 Å². The van der Waals surface area contributed by atoms with Crippen LogP contribution in [0.2, 0.25) is 0 Å². The molecule has 0 saturated carbocycles. The second-order valence-corrected chi connectivity index (χ2v) is 3.91. The minimum atomic E-state index is -0.187. The van der Waals surface area contributed by atoms with Gasteiger partial charge in [0.15, 0.2) is 0 Å². The normalized spacial score (nSPS) is 10.2. The van der Waals surface area contributed by atoms with Crippen LogP contribution in [0.5, 0.6) is 0 Å². The molecule has 0 aliphatic carbocycles. The standard InChI is InChI=1S/C12H16ClNO2/c1-9-4-3-5-10(2)12(9)14(6-7-15)11(16)8-13/h3-5,15H,6-8H2,1-2H3. The number of aliphatic hydroxyl groups is 1. The number of amides is 1. The van der Waals surface area contributed by atoms with Gasteiger partial charge in [0.25, 0.3) is 0 Å². The van der Waals surface area contributed by atoms with Crippen molar-refractivity contribution in [3.63, 3.8) is 0 Å². The van der Waals surface area contributed by atoms with Gasteiger partial charge in [-0.25, -0.2) is 0 Å². The maximum Gasteiger partial charge on any atom is 0.242 e. The Morgan fingerprint density at radius 3 is 2.38 bits per heavy atom. The van der Waals surface area contributed by atoms with E-state index in [1.165, 1.54) is 4.90 Å². The van der Waals surface area contributed by atoms with Crippen molar-refractivity contribution in [1.82, 2.24) is 0 Å². The summed E-state index contributed by atoms with van der Waals surface area (Å²) in [5.74, 6) is -0.263. The molecule has 1 N–H and O–H groups in total. The highest BCUT2D eigenvalue weighted by molar-refractivity contribution is 6.29. The highest BCUT2D eigenvalue weighted by atomic mass is 35.5. The van der Waals surface area contributed by atoms with E-state index in [0.29, 0.717) is 0 Å². The van der Waals surface area contributed by atoms with E-state index in [9.17, 15) is 4.79 Å². The SMILES string of the molecule is Cc1cccc(C)c1N(CCO)C(=O)CCl. The van der Waals surface area contributed by atoms with E-state index in [0.717, 1.165) is 16.8 Å². The van der Waals surface area contributed by atoms with Crippen LogP contribution in [0.4, 0.5) is 5.69 Å². The Kier molecular flexibility index (Phi) is 4.77. The molecular weight excluding hydrogens is 226 g/mol. The fourth-order valence-electron chi connectivity index (χ4n) is 1.76. The molecule has 0 aromatic heterocycles. The van der Waals surface area contributed by atoms with Gasteiger partial charge in [0.2, 0.25) is 5.91 Å². The molecule has 0 aliphatic heterocycles. The zero-order chi connectivity index (χ0) is 12.1. The number of nitrogens with zero attached hydrogens (tertiary/aromatic N) is 1. The third-order valence-electron chi connectivity index (χ3n) is 2.45. The number of para-hydroxylation sites is 1. The van der Waals surface area contributed by atoms with Crippen LogP contribution in [0.3, 0.4) is 0 Å². The summed E-state index contributed by atoms with van der Waals surface area (Å²) in [6.07, 6.45) is 0. The summed E-state index contributed by atoms with van der Waals surface area (Å²) in [5.41, 5.74) is 2.86. The van der Waals surface area contributed by atoms with Crippen LogP contribution >= 0.6 is 11.6 Å². The Morgan fingerprint density at radius 2 is 1.94 bits per heavy atom. The number of aliphatic hydroxyl groups excluding tert-OH is 1. The van der Waals surface area contributed by atoms with Crippen molar-refractivity contribution < 1.29 is 9.90 Å². The first-order valence-corrected chi connectivity index (χ1v) is 5.68. The molecule has 1 aromatic carbocycles. The molecule has 3 nitrogen and oxygen atoms in total. The fourth-order valence-corrected chi connectivity index (χ4v) is 1.91. The molecule has 0 aliphatic rings. The largest absolute Gasteiger partial charge is 0.395 e. The lowest BCUT2D eigenvalue weighted by atomic mass is 10.1. The minimum Gasteiger partial charge on any atom is -0.395 e. The van der Waals surface area contributed by atoms with Gasteiger partial charge >= 0.3 is 0 Å².